The van der Waals surface area contributed by atoms with Gasteiger partial charge in [-0.2, -0.15) is 0 Å². The summed E-state index contributed by atoms with van der Waals surface area (Å²) in [7, 11) is 0. The number of esters is 1. The standard InChI is InChI=1S/C27H22N2O4S/c1-16-25(22-13-7-8-14-24(22)33-17(2)30)28-26(34-16)29-27(31)32-15-23-20-11-5-3-9-18(20)19-10-4-6-12-21(19)23/h3-14,23H,15H2,1-2H3,(H,28,29,31). The Morgan fingerprint density at radius 2 is 1.50 bits per heavy atom. The molecular weight excluding hydrogens is 448 g/mol. The van der Waals surface area contributed by atoms with Gasteiger partial charge >= 0.3 is 12.1 Å². The number of carbonyl (C=O) groups excluding carboxylic acids is 2. The van der Waals surface area contributed by atoms with Gasteiger partial charge in [0.2, 0.25) is 0 Å². The van der Waals surface area contributed by atoms with Gasteiger partial charge in [-0.3, -0.25) is 10.1 Å². The average Bonchev–Trinajstić information content (AvgIpc) is 3.35. The van der Waals surface area contributed by atoms with Gasteiger partial charge in [0.15, 0.2) is 5.13 Å². The number of para-hydroxylation sites is 1. The fourth-order valence-electron chi connectivity index (χ4n) is 4.33. The first-order valence-corrected chi connectivity index (χ1v) is 11.7. The Bertz CT molecular complexity index is 1350. The number of amides is 1. The zero-order valence-corrected chi connectivity index (χ0v) is 19.5. The maximum absolute atomic E-state index is 12.6. The molecule has 0 atom stereocenters. The minimum Gasteiger partial charge on any atom is -0.448 e. The molecule has 170 valence electrons. The first-order chi connectivity index (χ1) is 16.5. The molecule has 6 nitrogen and oxygen atoms in total. The van der Waals surface area contributed by atoms with Gasteiger partial charge in [0, 0.05) is 23.3 Å². The summed E-state index contributed by atoms with van der Waals surface area (Å²) in [5, 5.41) is 3.16. The summed E-state index contributed by atoms with van der Waals surface area (Å²) in [6.45, 7) is 3.49. The monoisotopic (exact) mass is 470 g/mol. The third-order valence-corrected chi connectivity index (χ3v) is 6.63. The summed E-state index contributed by atoms with van der Waals surface area (Å²) in [5.74, 6) is 0.00996. The average molecular weight is 471 g/mol. The Morgan fingerprint density at radius 1 is 0.912 bits per heavy atom. The van der Waals surface area contributed by atoms with E-state index in [2.05, 4.69) is 34.6 Å². The molecule has 0 saturated carbocycles. The van der Waals surface area contributed by atoms with Gasteiger partial charge in [-0.25, -0.2) is 9.78 Å². The lowest BCUT2D eigenvalue weighted by molar-refractivity contribution is -0.131. The molecule has 0 aliphatic heterocycles. The van der Waals surface area contributed by atoms with Crippen LogP contribution in [-0.2, 0) is 9.53 Å². The van der Waals surface area contributed by atoms with E-state index < -0.39 is 12.1 Å². The van der Waals surface area contributed by atoms with Crippen LogP contribution in [0.1, 0.15) is 28.8 Å². The Labute approximate surface area is 201 Å². The molecule has 4 aromatic rings. The minimum absolute atomic E-state index is 0.0117. The summed E-state index contributed by atoms with van der Waals surface area (Å²) in [4.78, 5) is 29.5. The first kappa shape index (κ1) is 21.9. The first-order valence-electron chi connectivity index (χ1n) is 10.9. The van der Waals surface area contributed by atoms with Gasteiger partial charge in [-0.05, 0) is 41.3 Å². The zero-order valence-electron chi connectivity index (χ0n) is 18.7. The number of aryl methyl sites for hydroxylation is 1. The molecule has 7 heteroatoms. The van der Waals surface area contributed by atoms with Crippen molar-refractivity contribution >= 4 is 28.5 Å². The van der Waals surface area contributed by atoms with Crippen molar-refractivity contribution in [3.05, 3.63) is 88.8 Å². The van der Waals surface area contributed by atoms with Crippen LogP contribution in [0.3, 0.4) is 0 Å². The zero-order chi connectivity index (χ0) is 23.7. The van der Waals surface area contributed by atoms with E-state index in [1.54, 1.807) is 12.1 Å². The number of aromatic nitrogens is 1. The number of thiazole rings is 1. The molecule has 1 aromatic heterocycles. The highest BCUT2D eigenvalue weighted by Gasteiger charge is 2.29. The van der Waals surface area contributed by atoms with Crippen LogP contribution in [0.15, 0.2) is 72.8 Å². The highest BCUT2D eigenvalue weighted by Crippen LogP contribution is 2.44. The Hall–Kier alpha value is -3.97. The number of ether oxygens (including phenoxy) is 2. The maximum atomic E-state index is 12.6. The van der Waals surface area contributed by atoms with Crippen LogP contribution in [0.2, 0.25) is 0 Å². The molecule has 1 aliphatic rings. The van der Waals surface area contributed by atoms with E-state index in [-0.39, 0.29) is 12.5 Å². The number of anilines is 1. The third kappa shape index (κ3) is 4.18. The number of fused-ring (bicyclic) bond motifs is 3. The quantitative estimate of drug-likeness (QED) is 0.270. The van der Waals surface area contributed by atoms with Crippen LogP contribution in [0.5, 0.6) is 5.75 Å². The molecule has 1 aliphatic carbocycles. The summed E-state index contributed by atoms with van der Waals surface area (Å²) in [6, 6.07) is 23.6. The van der Waals surface area contributed by atoms with E-state index in [0.29, 0.717) is 22.1 Å². The van der Waals surface area contributed by atoms with Crippen molar-refractivity contribution in [1.29, 1.82) is 0 Å². The fraction of sp³-hybridized carbons (Fsp3) is 0.148. The topological polar surface area (TPSA) is 77.5 Å². The third-order valence-electron chi connectivity index (χ3n) is 5.75. The summed E-state index contributed by atoms with van der Waals surface area (Å²) in [5.41, 5.74) is 6.01. The van der Waals surface area contributed by atoms with E-state index in [1.807, 2.05) is 43.3 Å². The predicted molar refractivity (Wildman–Crippen MR) is 132 cm³/mol. The highest BCUT2D eigenvalue weighted by molar-refractivity contribution is 7.16. The number of hydrogen-bond acceptors (Lipinski definition) is 6. The summed E-state index contributed by atoms with van der Waals surface area (Å²) in [6.07, 6.45) is -0.560. The molecule has 34 heavy (non-hydrogen) atoms. The second kappa shape index (κ2) is 9.11. The van der Waals surface area contributed by atoms with E-state index in [0.717, 1.165) is 16.0 Å². The molecule has 3 aromatic carbocycles. The number of hydrogen-bond donors (Lipinski definition) is 1. The lowest BCUT2D eigenvalue weighted by Gasteiger charge is -2.14. The summed E-state index contributed by atoms with van der Waals surface area (Å²) >= 11 is 1.34. The van der Waals surface area contributed by atoms with Gasteiger partial charge in [-0.1, -0.05) is 60.7 Å². The van der Waals surface area contributed by atoms with E-state index in [4.69, 9.17) is 9.47 Å². The van der Waals surface area contributed by atoms with E-state index in [9.17, 15) is 9.59 Å². The SMILES string of the molecule is CC(=O)Oc1ccccc1-c1nc(NC(=O)OCC2c3ccccc3-c3ccccc32)sc1C. The van der Waals surface area contributed by atoms with Crippen molar-refractivity contribution in [3.63, 3.8) is 0 Å². The minimum atomic E-state index is -0.560. The van der Waals surface area contributed by atoms with Crippen LogP contribution in [-0.4, -0.2) is 23.7 Å². The second-order valence-electron chi connectivity index (χ2n) is 7.96. The molecule has 0 saturated heterocycles. The lowest BCUT2D eigenvalue weighted by Crippen LogP contribution is -2.17. The molecule has 1 amide bonds. The molecule has 0 spiro atoms. The van der Waals surface area contributed by atoms with Crippen molar-refractivity contribution in [2.24, 2.45) is 0 Å². The normalized spacial score (nSPS) is 12.1. The fourth-order valence-corrected chi connectivity index (χ4v) is 5.14. The van der Waals surface area contributed by atoms with Gasteiger partial charge in [0.05, 0.1) is 5.69 Å². The van der Waals surface area contributed by atoms with Crippen molar-refractivity contribution in [2.45, 2.75) is 19.8 Å². The molecule has 1 heterocycles. The van der Waals surface area contributed by atoms with Crippen LogP contribution < -0.4 is 10.1 Å². The second-order valence-corrected chi connectivity index (χ2v) is 9.17. The smallest absolute Gasteiger partial charge is 0.413 e. The van der Waals surface area contributed by atoms with Gasteiger partial charge < -0.3 is 9.47 Å². The van der Waals surface area contributed by atoms with Crippen LogP contribution in [0, 0.1) is 6.92 Å². The van der Waals surface area contributed by atoms with Crippen LogP contribution in [0.4, 0.5) is 9.93 Å². The number of benzene rings is 3. The van der Waals surface area contributed by atoms with Crippen LogP contribution >= 0.6 is 11.3 Å². The number of nitrogens with one attached hydrogen (secondary N) is 1. The Morgan fingerprint density at radius 3 is 2.15 bits per heavy atom. The molecule has 0 unspecified atom stereocenters. The van der Waals surface area contributed by atoms with E-state index in [1.165, 1.54) is 29.4 Å². The van der Waals surface area contributed by atoms with Crippen molar-refractivity contribution < 1.29 is 19.1 Å². The van der Waals surface area contributed by atoms with Crippen molar-refractivity contribution in [3.8, 4) is 28.1 Å². The van der Waals surface area contributed by atoms with Gasteiger partial charge in [-0.15, -0.1) is 11.3 Å². The molecule has 0 bridgehead atoms. The Kier molecular flexibility index (Phi) is 5.86. The Balaban J connectivity index is 1.30. The number of nitrogens with zero attached hydrogens (tertiary/aromatic N) is 1. The van der Waals surface area contributed by atoms with Crippen molar-refractivity contribution in [2.75, 3.05) is 11.9 Å². The number of rotatable bonds is 5. The largest absolute Gasteiger partial charge is 0.448 e. The summed E-state index contributed by atoms with van der Waals surface area (Å²) < 4.78 is 10.9. The van der Waals surface area contributed by atoms with E-state index >= 15 is 0 Å². The molecule has 1 N–H and O–H groups in total. The van der Waals surface area contributed by atoms with Crippen LogP contribution in [0.25, 0.3) is 22.4 Å². The molecular formula is C27H22N2O4S. The molecule has 0 radical (unpaired) electrons. The maximum Gasteiger partial charge on any atom is 0.413 e. The van der Waals surface area contributed by atoms with Crippen molar-refractivity contribution in [1.82, 2.24) is 4.98 Å². The highest BCUT2D eigenvalue weighted by atomic mass is 32.1. The molecule has 5 rings (SSSR count). The molecule has 0 fully saturated rings. The number of carbonyl (C=O) groups is 2. The lowest BCUT2D eigenvalue weighted by atomic mass is 9.98. The van der Waals surface area contributed by atoms with Gasteiger partial charge in [0.1, 0.15) is 12.4 Å². The predicted octanol–water partition coefficient (Wildman–Crippen LogP) is 6.40. The van der Waals surface area contributed by atoms with Gasteiger partial charge in [0.25, 0.3) is 0 Å².